The van der Waals surface area contributed by atoms with E-state index < -0.39 is 0 Å². The predicted molar refractivity (Wildman–Crippen MR) is 84.1 cm³/mol. The zero-order chi connectivity index (χ0) is 13.9. The van der Waals surface area contributed by atoms with Crippen LogP contribution in [0.1, 0.15) is 49.8 Å². The fourth-order valence-electron chi connectivity index (χ4n) is 3.19. The molecule has 0 spiro atoms. The molecule has 1 heterocycles. The van der Waals surface area contributed by atoms with Gasteiger partial charge in [-0.3, -0.25) is 0 Å². The molecule has 0 saturated heterocycles. The summed E-state index contributed by atoms with van der Waals surface area (Å²) >= 11 is 0. The van der Waals surface area contributed by atoms with Gasteiger partial charge in [0.2, 0.25) is 0 Å². The molecule has 2 aliphatic rings. The van der Waals surface area contributed by atoms with Gasteiger partial charge in [-0.05, 0) is 50.2 Å². The van der Waals surface area contributed by atoms with Gasteiger partial charge in [-0.2, -0.15) is 0 Å². The van der Waals surface area contributed by atoms with Crippen LogP contribution in [0.15, 0.2) is 12.1 Å². The quantitative estimate of drug-likeness (QED) is 0.862. The molecule has 3 heteroatoms. The van der Waals surface area contributed by atoms with Crippen LogP contribution in [-0.4, -0.2) is 24.6 Å². The summed E-state index contributed by atoms with van der Waals surface area (Å²) in [6.07, 6.45) is 8.30. The molecule has 0 radical (unpaired) electrons. The zero-order valence-electron chi connectivity index (χ0n) is 12.9. The fraction of sp³-hybridized carbons (Fsp3) is 0.706. The molecular weight excluding hydrogens is 246 g/mol. The van der Waals surface area contributed by atoms with Crippen LogP contribution in [0.3, 0.4) is 0 Å². The Morgan fingerprint density at radius 1 is 1.20 bits per heavy atom. The highest BCUT2D eigenvalue weighted by Gasteiger charge is 2.21. The molecule has 20 heavy (non-hydrogen) atoms. The molecule has 1 aromatic rings. The minimum absolute atomic E-state index is 0.763. The lowest BCUT2D eigenvalue weighted by Gasteiger charge is -2.23. The Balaban J connectivity index is 1.59. The summed E-state index contributed by atoms with van der Waals surface area (Å²) in [6, 6.07) is 5.20. The van der Waals surface area contributed by atoms with E-state index in [2.05, 4.69) is 36.3 Å². The summed E-state index contributed by atoms with van der Waals surface area (Å²) in [5.41, 5.74) is 2.52. The number of aromatic nitrogens is 1. The summed E-state index contributed by atoms with van der Waals surface area (Å²) in [5, 5.41) is 3.57. The monoisotopic (exact) mass is 273 g/mol. The third-order valence-corrected chi connectivity index (χ3v) is 4.74. The maximum atomic E-state index is 4.80. The topological polar surface area (TPSA) is 28.2 Å². The van der Waals surface area contributed by atoms with Crippen molar-refractivity contribution in [2.24, 2.45) is 5.92 Å². The lowest BCUT2D eigenvalue weighted by molar-refractivity contribution is 0.544. The van der Waals surface area contributed by atoms with Crippen molar-refractivity contribution in [3.05, 3.63) is 23.4 Å². The number of hydrogen-bond acceptors (Lipinski definition) is 3. The minimum atomic E-state index is 0.763. The number of nitrogens with one attached hydrogen (secondary N) is 1. The molecule has 2 saturated carbocycles. The molecule has 0 aromatic carbocycles. The van der Waals surface area contributed by atoms with E-state index in [-0.39, 0.29) is 0 Å². The van der Waals surface area contributed by atoms with E-state index in [4.69, 9.17) is 4.98 Å². The highest BCUT2D eigenvalue weighted by Crippen LogP contribution is 2.26. The summed E-state index contributed by atoms with van der Waals surface area (Å²) < 4.78 is 0. The van der Waals surface area contributed by atoms with Crippen molar-refractivity contribution in [2.45, 2.75) is 58.0 Å². The normalized spacial score (nSPS) is 19.5. The van der Waals surface area contributed by atoms with E-state index in [1.807, 2.05) is 0 Å². The van der Waals surface area contributed by atoms with Gasteiger partial charge in [0.05, 0.1) is 0 Å². The Morgan fingerprint density at radius 2 is 1.95 bits per heavy atom. The number of rotatable bonds is 6. The van der Waals surface area contributed by atoms with Gasteiger partial charge in [-0.15, -0.1) is 0 Å². The van der Waals surface area contributed by atoms with Gasteiger partial charge >= 0.3 is 0 Å². The summed E-state index contributed by atoms with van der Waals surface area (Å²) in [7, 11) is 2.18. The van der Waals surface area contributed by atoms with Crippen molar-refractivity contribution >= 4 is 5.82 Å². The first-order valence-electron chi connectivity index (χ1n) is 8.13. The van der Waals surface area contributed by atoms with E-state index >= 15 is 0 Å². The number of nitrogens with zero attached hydrogens (tertiary/aromatic N) is 2. The molecule has 2 aliphatic carbocycles. The third kappa shape index (κ3) is 3.51. The number of anilines is 1. The number of hydrogen-bond donors (Lipinski definition) is 1. The first kappa shape index (κ1) is 13.9. The van der Waals surface area contributed by atoms with Crippen molar-refractivity contribution in [1.82, 2.24) is 10.3 Å². The average Bonchev–Trinajstić information content (AvgIpc) is 3.13. The molecule has 1 aromatic heterocycles. The van der Waals surface area contributed by atoms with Crippen molar-refractivity contribution in [1.29, 1.82) is 0 Å². The summed E-state index contributed by atoms with van der Waals surface area (Å²) in [4.78, 5) is 7.13. The van der Waals surface area contributed by atoms with Gasteiger partial charge in [0.15, 0.2) is 0 Å². The first-order chi connectivity index (χ1) is 9.72. The van der Waals surface area contributed by atoms with Gasteiger partial charge in [0.1, 0.15) is 5.82 Å². The molecule has 0 atom stereocenters. The standard InChI is InChI=1S/C17H27N3/c1-13-15(11-18-16-8-9-16)7-10-17(19-13)20(2)12-14-5-3-4-6-14/h7,10,14,16,18H,3-6,8-9,11-12H2,1-2H3. The molecule has 1 N–H and O–H groups in total. The molecule has 0 aliphatic heterocycles. The SMILES string of the molecule is Cc1nc(N(C)CC2CCCC2)ccc1CNC1CC1. The Kier molecular flexibility index (Phi) is 4.25. The van der Waals surface area contributed by atoms with Crippen LogP contribution in [0.5, 0.6) is 0 Å². The molecular formula is C17H27N3. The molecule has 3 nitrogen and oxygen atoms in total. The minimum Gasteiger partial charge on any atom is -0.359 e. The van der Waals surface area contributed by atoms with E-state index in [9.17, 15) is 0 Å². The van der Waals surface area contributed by atoms with E-state index in [1.165, 1.54) is 49.8 Å². The zero-order valence-corrected chi connectivity index (χ0v) is 12.9. The molecule has 0 amide bonds. The maximum absolute atomic E-state index is 4.80. The maximum Gasteiger partial charge on any atom is 0.128 e. The van der Waals surface area contributed by atoms with Gasteiger partial charge in [-0.25, -0.2) is 4.98 Å². The third-order valence-electron chi connectivity index (χ3n) is 4.74. The van der Waals surface area contributed by atoms with Crippen LogP contribution < -0.4 is 10.2 Å². The molecule has 110 valence electrons. The number of aryl methyl sites for hydroxylation is 1. The molecule has 0 bridgehead atoms. The molecule has 2 fully saturated rings. The van der Waals surface area contributed by atoms with Gasteiger partial charge in [-0.1, -0.05) is 18.9 Å². The van der Waals surface area contributed by atoms with E-state index in [0.717, 1.165) is 30.9 Å². The predicted octanol–water partition coefficient (Wildman–Crippen LogP) is 3.27. The molecule has 0 unspecified atom stereocenters. The van der Waals surface area contributed by atoms with E-state index in [1.54, 1.807) is 0 Å². The van der Waals surface area contributed by atoms with Crippen LogP contribution in [0.2, 0.25) is 0 Å². The lowest BCUT2D eigenvalue weighted by Crippen LogP contribution is -2.25. The smallest absolute Gasteiger partial charge is 0.128 e. The van der Waals surface area contributed by atoms with Crippen molar-refractivity contribution in [2.75, 3.05) is 18.5 Å². The summed E-state index contributed by atoms with van der Waals surface area (Å²) in [5.74, 6) is 2.00. The summed E-state index contributed by atoms with van der Waals surface area (Å²) in [6.45, 7) is 4.26. The fourth-order valence-corrected chi connectivity index (χ4v) is 3.19. The van der Waals surface area contributed by atoms with Gasteiger partial charge in [0, 0.05) is 31.9 Å². The van der Waals surface area contributed by atoms with Crippen molar-refractivity contribution in [3.8, 4) is 0 Å². The molecule has 3 rings (SSSR count). The van der Waals surface area contributed by atoms with Crippen LogP contribution in [0.25, 0.3) is 0 Å². The van der Waals surface area contributed by atoms with Crippen molar-refractivity contribution < 1.29 is 0 Å². The Bertz CT molecular complexity index is 448. The van der Waals surface area contributed by atoms with E-state index in [0.29, 0.717) is 0 Å². The lowest BCUT2D eigenvalue weighted by atomic mass is 10.1. The number of pyridine rings is 1. The van der Waals surface area contributed by atoms with Crippen LogP contribution in [-0.2, 0) is 6.54 Å². The second-order valence-electron chi connectivity index (χ2n) is 6.60. The van der Waals surface area contributed by atoms with Gasteiger partial charge < -0.3 is 10.2 Å². The highest BCUT2D eigenvalue weighted by molar-refractivity contribution is 5.41. The Hall–Kier alpha value is -1.09. The average molecular weight is 273 g/mol. The highest BCUT2D eigenvalue weighted by atomic mass is 15.2. The van der Waals surface area contributed by atoms with Crippen LogP contribution in [0, 0.1) is 12.8 Å². The van der Waals surface area contributed by atoms with Crippen LogP contribution in [0.4, 0.5) is 5.82 Å². The Labute approximate surface area is 122 Å². The Morgan fingerprint density at radius 3 is 2.60 bits per heavy atom. The second kappa shape index (κ2) is 6.13. The van der Waals surface area contributed by atoms with Crippen LogP contribution >= 0.6 is 0 Å². The van der Waals surface area contributed by atoms with Crippen molar-refractivity contribution in [3.63, 3.8) is 0 Å². The van der Waals surface area contributed by atoms with Gasteiger partial charge in [0.25, 0.3) is 0 Å². The largest absolute Gasteiger partial charge is 0.359 e. The first-order valence-corrected chi connectivity index (χ1v) is 8.13. The second-order valence-corrected chi connectivity index (χ2v) is 6.60.